The lowest BCUT2D eigenvalue weighted by Crippen LogP contribution is -2.43. The molecule has 1 fully saturated rings. The number of methoxy groups -OCH3 is 1. The molecule has 2 aliphatic rings. The molecule has 1 aliphatic heterocycles. The van der Waals surface area contributed by atoms with E-state index in [9.17, 15) is 19.7 Å². The Hall–Kier alpha value is -3.11. The Morgan fingerprint density at radius 3 is 2.78 bits per heavy atom. The molecule has 1 atom stereocenters. The van der Waals surface area contributed by atoms with Crippen LogP contribution in [0.25, 0.3) is 0 Å². The largest absolute Gasteiger partial charge is 0.383 e. The Morgan fingerprint density at radius 1 is 1.31 bits per heavy atom. The summed E-state index contributed by atoms with van der Waals surface area (Å²) in [4.78, 5) is 39.3. The molecule has 32 heavy (non-hydrogen) atoms. The van der Waals surface area contributed by atoms with E-state index in [4.69, 9.17) is 4.74 Å². The fourth-order valence-corrected chi connectivity index (χ4v) is 4.45. The van der Waals surface area contributed by atoms with Crippen LogP contribution in [0.2, 0.25) is 0 Å². The molecule has 2 amide bonds. The van der Waals surface area contributed by atoms with Crippen LogP contribution in [-0.2, 0) is 14.3 Å². The first-order valence-corrected chi connectivity index (χ1v) is 11.3. The van der Waals surface area contributed by atoms with E-state index in [1.54, 1.807) is 19.2 Å². The van der Waals surface area contributed by atoms with Crippen LogP contribution in [0.1, 0.15) is 35.7 Å². The van der Waals surface area contributed by atoms with Gasteiger partial charge in [-0.1, -0.05) is 18.2 Å². The topological polar surface area (TPSA) is 105 Å². The van der Waals surface area contributed by atoms with Crippen LogP contribution >= 0.6 is 11.3 Å². The number of carbonyl (C=O) groups is 2. The van der Waals surface area contributed by atoms with Crippen LogP contribution in [0.5, 0.6) is 0 Å². The molecule has 9 nitrogen and oxygen atoms in total. The van der Waals surface area contributed by atoms with Gasteiger partial charge < -0.3 is 9.64 Å². The highest BCUT2D eigenvalue weighted by Crippen LogP contribution is 2.36. The molecule has 1 aromatic heterocycles. The van der Waals surface area contributed by atoms with Crippen LogP contribution < -0.4 is 0 Å². The van der Waals surface area contributed by atoms with E-state index in [0.717, 1.165) is 23.4 Å². The molecule has 1 aromatic carbocycles. The predicted octanol–water partition coefficient (Wildman–Crippen LogP) is 3.22. The number of nitro groups is 1. The molecule has 2 aromatic rings. The number of benzene rings is 1. The summed E-state index contributed by atoms with van der Waals surface area (Å²) in [6.07, 6.45) is 2.14. The van der Waals surface area contributed by atoms with E-state index in [2.05, 4.69) is 5.10 Å². The number of hydrazone groups is 1. The average Bonchev–Trinajstić information content (AvgIpc) is 3.31. The van der Waals surface area contributed by atoms with Crippen molar-refractivity contribution in [3.8, 4) is 0 Å². The summed E-state index contributed by atoms with van der Waals surface area (Å²) < 4.78 is 5.11. The SMILES string of the molecule is COCCN(CC(=O)N1N=C(c2cccs2)C[C@H]1c1cccc([N+](=O)[O-])c1)C(=O)C1CC1. The molecule has 0 spiro atoms. The van der Waals surface area contributed by atoms with Gasteiger partial charge in [0.25, 0.3) is 11.6 Å². The zero-order valence-electron chi connectivity index (χ0n) is 17.7. The highest BCUT2D eigenvalue weighted by atomic mass is 32.1. The number of amides is 2. The summed E-state index contributed by atoms with van der Waals surface area (Å²) in [5.41, 5.74) is 1.35. The number of ether oxygens (including phenoxy) is 1. The first-order valence-electron chi connectivity index (χ1n) is 10.4. The van der Waals surface area contributed by atoms with E-state index in [1.165, 1.54) is 33.4 Å². The number of hydrogen-bond acceptors (Lipinski definition) is 7. The molecular weight excluding hydrogens is 432 g/mol. The molecule has 168 valence electrons. The summed E-state index contributed by atoms with van der Waals surface area (Å²) >= 11 is 1.52. The molecule has 0 unspecified atom stereocenters. The molecular formula is C22H24N4O5S. The lowest BCUT2D eigenvalue weighted by molar-refractivity contribution is -0.385. The quantitative estimate of drug-likeness (QED) is 0.426. The fourth-order valence-electron chi connectivity index (χ4n) is 3.73. The third-order valence-electron chi connectivity index (χ3n) is 5.57. The van der Waals surface area contributed by atoms with Crippen LogP contribution in [0.15, 0.2) is 46.9 Å². The van der Waals surface area contributed by atoms with Crippen LogP contribution in [0.3, 0.4) is 0 Å². The van der Waals surface area contributed by atoms with Crippen molar-refractivity contribution in [1.82, 2.24) is 9.91 Å². The summed E-state index contributed by atoms with van der Waals surface area (Å²) in [5.74, 6) is -0.377. The van der Waals surface area contributed by atoms with Crippen molar-refractivity contribution >= 4 is 34.6 Å². The lowest BCUT2D eigenvalue weighted by Gasteiger charge is -2.27. The standard InChI is InChI=1S/C22H24N4O5S/c1-31-10-9-24(22(28)15-7-8-15)14-21(27)25-19(13-18(23-25)20-6-3-11-32-20)16-4-2-5-17(12-16)26(29)30/h2-6,11-12,15,19H,7-10,13-14H2,1H3/t19-/m0/s1. The molecule has 4 rings (SSSR count). The molecule has 1 aliphatic carbocycles. The second kappa shape index (κ2) is 9.58. The third kappa shape index (κ3) is 4.86. The van der Waals surface area contributed by atoms with Crippen molar-refractivity contribution in [1.29, 1.82) is 0 Å². The van der Waals surface area contributed by atoms with Crippen LogP contribution in [0, 0.1) is 16.0 Å². The van der Waals surface area contributed by atoms with Crippen LogP contribution in [0.4, 0.5) is 5.69 Å². The first-order chi connectivity index (χ1) is 15.5. The molecule has 0 saturated heterocycles. The van der Waals surface area contributed by atoms with Gasteiger partial charge in [-0.3, -0.25) is 19.7 Å². The van der Waals surface area contributed by atoms with Crippen molar-refractivity contribution in [3.63, 3.8) is 0 Å². The Morgan fingerprint density at radius 2 is 2.12 bits per heavy atom. The Labute approximate surface area is 189 Å². The number of hydrogen-bond donors (Lipinski definition) is 0. The first kappa shape index (κ1) is 22.1. The molecule has 2 heterocycles. The zero-order chi connectivity index (χ0) is 22.7. The van der Waals surface area contributed by atoms with E-state index >= 15 is 0 Å². The van der Waals surface area contributed by atoms with Gasteiger partial charge in [0, 0.05) is 38.1 Å². The predicted molar refractivity (Wildman–Crippen MR) is 119 cm³/mol. The van der Waals surface area contributed by atoms with Crippen molar-refractivity contribution in [2.45, 2.75) is 25.3 Å². The van der Waals surface area contributed by atoms with Gasteiger partial charge in [-0.15, -0.1) is 11.3 Å². The molecule has 10 heteroatoms. The van der Waals surface area contributed by atoms with Crippen molar-refractivity contribution in [2.75, 3.05) is 26.8 Å². The highest BCUT2D eigenvalue weighted by Gasteiger charge is 2.38. The maximum Gasteiger partial charge on any atom is 0.269 e. The number of nitro benzene ring substituents is 1. The fraction of sp³-hybridized carbons (Fsp3) is 0.409. The number of nitrogens with zero attached hydrogens (tertiary/aromatic N) is 4. The van der Waals surface area contributed by atoms with E-state index in [0.29, 0.717) is 25.1 Å². The van der Waals surface area contributed by atoms with Gasteiger partial charge in [0.1, 0.15) is 6.54 Å². The number of thiophene rings is 1. The number of non-ortho nitro benzene ring substituents is 1. The second-order valence-electron chi connectivity index (χ2n) is 7.86. The van der Waals surface area contributed by atoms with E-state index in [1.807, 2.05) is 17.5 Å². The third-order valence-corrected chi connectivity index (χ3v) is 6.49. The Bertz CT molecular complexity index is 1030. The molecule has 0 radical (unpaired) electrons. The minimum absolute atomic E-state index is 0.0176. The monoisotopic (exact) mass is 456 g/mol. The second-order valence-corrected chi connectivity index (χ2v) is 8.81. The van der Waals surface area contributed by atoms with Gasteiger partial charge in [0.05, 0.1) is 28.2 Å². The van der Waals surface area contributed by atoms with Crippen molar-refractivity contribution in [2.24, 2.45) is 11.0 Å². The average molecular weight is 457 g/mol. The van der Waals surface area contributed by atoms with Gasteiger partial charge in [-0.2, -0.15) is 5.10 Å². The maximum absolute atomic E-state index is 13.3. The summed E-state index contributed by atoms with van der Waals surface area (Å²) in [6, 6.07) is 9.66. The summed E-state index contributed by atoms with van der Waals surface area (Å²) in [7, 11) is 1.55. The van der Waals surface area contributed by atoms with Gasteiger partial charge in [0.15, 0.2) is 0 Å². The van der Waals surface area contributed by atoms with Gasteiger partial charge in [-0.05, 0) is 29.9 Å². The smallest absolute Gasteiger partial charge is 0.269 e. The maximum atomic E-state index is 13.3. The highest BCUT2D eigenvalue weighted by molar-refractivity contribution is 7.12. The summed E-state index contributed by atoms with van der Waals surface area (Å²) in [6.45, 7) is 0.559. The zero-order valence-corrected chi connectivity index (χ0v) is 18.5. The summed E-state index contributed by atoms with van der Waals surface area (Å²) in [5, 5.41) is 19.2. The van der Waals surface area contributed by atoms with E-state index in [-0.39, 0.29) is 30.0 Å². The Balaban J connectivity index is 1.60. The van der Waals surface area contributed by atoms with Crippen molar-refractivity contribution < 1.29 is 19.2 Å². The molecule has 0 bridgehead atoms. The molecule has 1 saturated carbocycles. The van der Waals surface area contributed by atoms with Crippen molar-refractivity contribution in [3.05, 3.63) is 62.3 Å². The van der Waals surface area contributed by atoms with Gasteiger partial charge in [-0.25, -0.2) is 5.01 Å². The lowest BCUT2D eigenvalue weighted by atomic mass is 10.0. The van der Waals surface area contributed by atoms with E-state index < -0.39 is 11.0 Å². The number of carbonyl (C=O) groups excluding carboxylic acids is 2. The Kier molecular flexibility index (Phi) is 6.61. The minimum atomic E-state index is -0.472. The van der Waals surface area contributed by atoms with Gasteiger partial charge >= 0.3 is 0 Å². The normalized spacial score (nSPS) is 17.8. The minimum Gasteiger partial charge on any atom is -0.383 e. The molecule has 0 N–H and O–H groups in total. The number of rotatable bonds is 9. The van der Waals surface area contributed by atoms with Crippen LogP contribution in [-0.4, -0.2) is 59.2 Å². The van der Waals surface area contributed by atoms with Gasteiger partial charge in [0.2, 0.25) is 5.91 Å².